The molecule has 0 unspecified atom stereocenters. The number of amides is 1. The number of ketones is 1. The lowest BCUT2D eigenvalue weighted by atomic mass is 9.95. The summed E-state index contributed by atoms with van der Waals surface area (Å²) in [5.74, 6) is 1.35. The van der Waals surface area contributed by atoms with Crippen LogP contribution in [0.1, 0.15) is 49.1 Å². The van der Waals surface area contributed by atoms with Gasteiger partial charge in [-0.15, -0.1) is 0 Å². The molecule has 7 heteroatoms. The van der Waals surface area contributed by atoms with Gasteiger partial charge in [0.05, 0.1) is 12.1 Å². The normalized spacial score (nSPS) is 14.6. The Morgan fingerprint density at radius 2 is 1.65 bits per heavy atom. The van der Waals surface area contributed by atoms with Crippen LogP contribution in [-0.4, -0.2) is 62.9 Å². The number of aryl methyl sites for hydroxylation is 3. The summed E-state index contributed by atoms with van der Waals surface area (Å²) in [6, 6.07) is 12.8. The molecule has 1 aliphatic heterocycles. The number of rotatable bonds is 5. The number of benzene rings is 2. The van der Waals surface area contributed by atoms with Gasteiger partial charge in [0.25, 0.3) is 5.91 Å². The minimum atomic E-state index is -0.120. The third kappa shape index (κ3) is 4.56. The van der Waals surface area contributed by atoms with E-state index in [0.29, 0.717) is 36.3 Å². The molecule has 0 radical (unpaired) electrons. The Kier molecular flexibility index (Phi) is 5.95. The fraction of sp³-hybridized carbons (Fsp3) is 0.333. The molecular weight excluding hydrogens is 390 g/mol. The third-order valence-electron chi connectivity index (χ3n) is 5.84. The van der Waals surface area contributed by atoms with E-state index < -0.39 is 0 Å². The molecule has 1 fully saturated rings. The number of carbonyl (C=O) groups excluding carboxylic acids is 2. The summed E-state index contributed by atoms with van der Waals surface area (Å²) in [6.45, 7) is 9.24. The van der Waals surface area contributed by atoms with Gasteiger partial charge in [0.2, 0.25) is 0 Å². The maximum atomic E-state index is 13.3. The average molecular weight is 418 g/mol. The molecule has 0 bridgehead atoms. The monoisotopic (exact) mass is 417 g/mol. The van der Waals surface area contributed by atoms with Crippen LogP contribution < -0.4 is 0 Å². The van der Waals surface area contributed by atoms with E-state index in [1.165, 1.54) is 0 Å². The van der Waals surface area contributed by atoms with Gasteiger partial charge in [-0.1, -0.05) is 30.3 Å². The van der Waals surface area contributed by atoms with E-state index in [1.807, 2.05) is 56.0 Å². The summed E-state index contributed by atoms with van der Waals surface area (Å²) in [6.07, 6.45) is 0. The molecule has 1 amide bonds. The van der Waals surface area contributed by atoms with Crippen LogP contribution >= 0.6 is 0 Å². The molecule has 1 aliphatic rings. The van der Waals surface area contributed by atoms with Crippen LogP contribution in [0.5, 0.6) is 0 Å². The number of hydrogen-bond acceptors (Lipinski definition) is 5. The van der Waals surface area contributed by atoms with Gasteiger partial charge in [-0.25, -0.2) is 4.98 Å². The summed E-state index contributed by atoms with van der Waals surface area (Å²) in [4.78, 5) is 34.9. The van der Waals surface area contributed by atoms with Gasteiger partial charge >= 0.3 is 0 Å². The predicted molar refractivity (Wildman–Crippen MR) is 118 cm³/mol. The highest BCUT2D eigenvalue weighted by Crippen LogP contribution is 2.20. The van der Waals surface area contributed by atoms with Crippen LogP contribution in [0.25, 0.3) is 0 Å². The van der Waals surface area contributed by atoms with Crippen molar-refractivity contribution in [2.24, 2.45) is 0 Å². The van der Waals surface area contributed by atoms with Crippen molar-refractivity contribution in [2.75, 3.05) is 26.2 Å². The van der Waals surface area contributed by atoms with E-state index >= 15 is 0 Å². The summed E-state index contributed by atoms with van der Waals surface area (Å²) >= 11 is 0. The maximum Gasteiger partial charge on any atom is 0.254 e. The number of H-pyrrole nitrogens is 1. The first-order valence-electron chi connectivity index (χ1n) is 10.5. The molecule has 1 N–H and O–H groups in total. The van der Waals surface area contributed by atoms with Crippen molar-refractivity contribution in [1.29, 1.82) is 0 Å². The van der Waals surface area contributed by atoms with Crippen molar-refractivity contribution in [3.8, 4) is 0 Å². The Morgan fingerprint density at radius 1 is 0.935 bits per heavy atom. The van der Waals surface area contributed by atoms with Crippen molar-refractivity contribution in [2.45, 2.75) is 27.3 Å². The van der Waals surface area contributed by atoms with Gasteiger partial charge in [-0.05, 0) is 44.0 Å². The topological polar surface area (TPSA) is 82.2 Å². The molecule has 3 aromatic rings. The molecule has 4 rings (SSSR count). The quantitative estimate of drug-likeness (QED) is 0.646. The van der Waals surface area contributed by atoms with Crippen LogP contribution in [0.3, 0.4) is 0 Å². The van der Waals surface area contributed by atoms with E-state index in [0.717, 1.165) is 35.9 Å². The smallest absolute Gasteiger partial charge is 0.254 e. The second-order valence-corrected chi connectivity index (χ2v) is 8.08. The SMILES string of the molecule is Cc1nc(CN2CCN(C(=O)c3ccccc3C(=O)c3ccc(C)c(C)c3)CC2)n[nH]1. The van der Waals surface area contributed by atoms with Crippen molar-refractivity contribution in [1.82, 2.24) is 25.0 Å². The molecule has 0 aliphatic carbocycles. The Bertz CT molecular complexity index is 1110. The molecule has 2 heterocycles. The first kappa shape index (κ1) is 20.9. The van der Waals surface area contributed by atoms with Crippen molar-refractivity contribution >= 4 is 11.7 Å². The highest BCUT2D eigenvalue weighted by Gasteiger charge is 2.26. The number of nitrogens with one attached hydrogen (secondary N) is 1. The fourth-order valence-corrected chi connectivity index (χ4v) is 3.84. The zero-order valence-corrected chi connectivity index (χ0v) is 18.2. The Morgan fingerprint density at radius 3 is 2.29 bits per heavy atom. The van der Waals surface area contributed by atoms with E-state index in [1.54, 1.807) is 12.1 Å². The van der Waals surface area contributed by atoms with Gasteiger partial charge in [0.15, 0.2) is 11.6 Å². The molecule has 0 spiro atoms. The average Bonchev–Trinajstić information content (AvgIpc) is 3.19. The molecule has 0 atom stereocenters. The molecular formula is C24H27N5O2. The number of aromatic amines is 1. The van der Waals surface area contributed by atoms with Gasteiger partial charge in [-0.2, -0.15) is 5.10 Å². The minimum Gasteiger partial charge on any atom is -0.336 e. The number of aromatic nitrogens is 3. The number of hydrogen-bond donors (Lipinski definition) is 1. The zero-order chi connectivity index (χ0) is 22.0. The van der Waals surface area contributed by atoms with Crippen molar-refractivity contribution in [3.05, 3.63) is 81.9 Å². The van der Waals surface area contributed by atoms with Gasteiger partial charge in [0.1, 0.15) is 5.82 Å². The number of piperazine rings is 1. The van der Waals surface area contributed by atoms with Crippen molar-refractivity contribution < 1.29 is 9.59 Å². The Hall–Kier alpha value is -3.32. The van der Waals surface area contributed by atoms with Gasteiger partial charge in [-0.3, -0.25) is 19.6 Å². The molecule has 160 valence electrons. The third-order valence-corrected chi connectivity index (χ3v) is 5.84. The second kappa shape index (κ2) is 8.81. The van der Waals surface area contributed by atoms with Crippen LogP contribution in [0.2, 0.25) is 0 Å². The summed E-state index contributed by atoms with van der Waals surface area (Å²) < 4.78 is 0. The van der Waals surface area contributed by atoms with E-state index in [2.05, 4.69) is 20.1 Å². The molecule has 1 aromatic heterocycles. The highest BCUT2D eigenvalue weighted by atomic mass is 16.2. The van der Waals surface area contributed by atoms with Crippen LogP contribution in [0.4, 0.5) is 0 Å². The highest BCUT2D eigenvalue weighted by molar-refractivity contribution is 6.15. The van der Waals surface area contributed by atoms with Gasteiger partial charge < -0.3 is 4.90 Å². The van der Waals surface area contributed by atoms with Crippen LogP contribution in [0.15, 0.2) is 42.5 Å². The van der Waals surface area contributed by atoms with E-state index in [-0.39, 0.29) is 11.7 Å². The lowest BCUT2D eigenvalue weighted by Crippen LogP contribution is -2.48. The number of carbonyl (C=O) groups is 2. The summed E-state index contributed by atoms with van der Waals surface area (Å²) in [5, 5.41) is 7.05. The zero-order valence-electron chi connectivity index (χ0n) is 18.2. The molecule has 7 nitrogen and oxygen atoms in total. The Balaban J connectivity index is 1.47. The second-order valence-electron chi connectivity index (χ2n) is 8.08. The first-order valence-corrected chi connectivity index (χ1v) is 10.5. The lowest BCUT2D eigenvalue weighted by molar-refractivity contribution is 0.0622. The summed E-state index contributed by atoms with van der Waals surface area (Å²) in [5.41, 5.74) is 3.72. The van der Waals surface area contributed by atoms with E-state index in [9.17, 15) is 9.59 Å². The summed E-state index contributed by atoms with van der Waals surface area (Å²) in [7, 11) is 0. The molecule has 0 saturated carbocycles. The predicted octanol–water partition coefficient (Wildman–Crippen LogP) is 2.92. The fourth-order valence-electron chi connectivity index (χ4n) is 3.84. The molecule has 2 aromatic carbocycles. The van der Waals surface area contributed by atoms with Crippen LogP contribution in [0, 0.1) is 20.8 Å². The maximum absolute atomic E-state index is 13.3. The molecule has 1 saturated heterocycles. The van der Waals surface area contributed by atoms with Crippen LogP contribution in [-0.2, 0) is 6.54 Å². The van der Waals surface area contributed by atoms with Gasteiger partial charge in [0, 0.05) is 37.3 Å². The number of nitrogens with zero attached hydrogens (tertiary/aromatic N) is 4. The lowest BCUT2D eigenvalue weighted by Gasteiger charge is -2.34. The largest absolute Gasteiger partial charge is 0.336 e. The standard InChI is InChI=1S/C24H27N5O2/c1-16-8-9-19(14-17(16)2)23(30)20-6-4-5-7-21(20)24(31)29-12-10-28(11-13-29)15-22-25-18(3)26-27-22/h4-9,14H,10-13,15H2,1-3H3,(H,25,26,27). The first-order chi connectivity index (χ1) is 14.9. The minimum absolute atomic E-state index is 0.0961. The Labute approximate surface area is 182 Å². The van der Waals surface area contributed by atoms with Crippen molar-refractivity contribution in [3.63, 3.8) is 0 Å². The van der Waals surface area contributed by atoms with E-state index in [4.69, 9.17) is 0 Å². The molecule has 31 heavy (non-hydrogen) atoms.